The summed E-state index contributed by atoms with van der Waals surface area (Å²) < 4.78 is 5.21. The van der Waals surface area contributed by atoms with Gasteiger partial charge in [0.2, 0.25) is 12.6 Å². The van der Waals surface area contributed by atoms with Crippen molar-refractivity contribution >= 4 is 18.1 Å². The van der Waals surface area contributed by atoms with Gasteiger partial charge in [0.05, 0.1) is 12.9 Å². The first-order chi connectivity index (χ1) is 12.6. The van der Waals surface area contributed by atoms with Gasteiger partial charge in [0, 0.05) is 5.56 Å². The van der Waals surface area contributed by atoms with Crippen LogP contribution in [0.25, 0.3) is 0 Å². The van der Waals surface area contributed by atoms with Crippen LogP contribution >= 0.6 is 0 Å². The first-order valence-corrected chi connectivity index (χ1v) is 8.24. The number of aliphatic hydroxyl groups is 3. The molecule has 3 heterocycles. The van der Waals surface area contributed by atoms with Crippen molar-refractivity contribution < 1.29 is 29.3 Å². The second kappa shape index (κ2) is 6.38. The zero-order chi connectivity index (χ0) is 18.3. The summed E-state index contributed by atoms with van der Waals surface area (Å²) in [5, 5.41) is 30.1. The molecule has 1 aromatic heterocycles. The Kier molecular flexibility index (Phi) is 4.17. The molecule has 0 radical (unpaired) electrons. The molecule has 0 spiro atoms. The van der Waals surface area contributed by atoms with Crippen molar-refractivity contribution in [3.05, 3.63) is 47.9 Å². The molecule has 4 rings (SSSR count). The maximum Gasteiger partial charge on any atom is 0.374 e. The highest BCUT2D eigenvalue weighted by Crippen LogP contribution is 2.36. The first kappa shape index (κ1) is 17.0. The van der Waals surface area contributed by atoms with Crippen molar-refractivity contribution in [1.29, 1.82) is 0 Å². The molecule has 0 saturated carbocycles. The number of aromatic nitrogens is 2. The van der Waals surface area contributed by atoms with Crippen molar-refractivity contribution in [2.75, 3.05) is 6.61 Å². The minimum Gasteiger partial charge on any atom is -0.394 e. The summed E-state index contributed by atoms with van der Waals surface area (Å²) in [4.78, 5) is 24.3. The number of aliphatic imine (C=N–C) groups is 1. The van der Waals surface area contributed by atoms with E-state index in [-0.39, 0.29) is 24.0 Å². The number of aromatic amines is 1. The number of carbonyl (C=O) groups is 1. The van der Waals surface area contributed by atoms with Crippen LogP contribution in [0.4, 0.5) is 5.82 Å². The summed E-state index contributed by atoms with van der Waals surface area (Å²) in [6, 6.07) is 9.25. The van der Waals surface area contributed by atoms with E-state index in [9.17, 15) is 20.1 Å². The number of hydrogen-bond donors (Lipinski definition) is 4. The Morgan fingerprint density at radius 2 is 1.96 bits per heavy atom. The van der Waals surface area contributed by atoms with Gasteiger partial charge in [0.15, 0.2) is 17.6 Å². The van der Waals surface area contributed by atoms with Crippen molar-refractivity contribution in [2.45, 2.75) is 31.1 Å². The zero-order valence-corrected chi connectivity index (χ0v) is 13.8. The molecule has 0 aliphatic carbocycles. The van der Waals surface area contributed by atoms with Gasteiger partial charge in [-0.05, 0) is 0 Å². The second-order valence-corrected chi connectivity index (χ2v) is 6.45. The minimum atomic E-state index is -1.37. The Bertz CT molecular complexity index is 839. The van der Waals surface area contributed by atoms with Crippen LogP contribution in [-0.2, 0) is 11.3 Å². The van der Waals surface area contributed by atoms with E-state index in [2.05, 4.69) is 15.0 Å². The van der Waals surface area contributed by atoms with Crippen LogP contribution in [0.5, 0.6) is 0 Å². The molecule has 2 aliphatic rings. The summed E-state index contributed by atoms with van der Waals surface area (Å²) in [5.74, 6) is -0.116. The molecule has 2 aromatic rings. The van der Waals surface area contributed by atoms with Crippen molar-refractivity contribution in [3.8, 4) is 0 Å². The van der Waals surface area contributed by atoms with Crippen LogP contribution in [0.1, 0.15) is 16.1 Å². The number of carbonyl (C=O) groups excluding carboxylic acids is 1. The molecule has 5 atom stereocenters. The molecule has 1 amide bonds. The number of amides is 1. The molecule has 9 nitrogen and oxygen atoms in total. The van der Waals surface area contributed by atoms with Gasteiger partial charge in [-0.3, -0.25) is 0 Å². The highest BCUT2D eigenvalue weighted by atomic mass is 16.6. The lowest BCUT2D eigenvalue weighted by atomic mass is 10.1. The van der Waals surface area contributed by atoms with E-state index in [1.54, 1.807) is 0 Å². The Labute approximate surface area is 148 Å². The zero-order valence-electron chi connectivity index (χ0n) is 13.8. The number of fused-ring (bicyclic) bond motifs is 1. The molecule has 26 heavy (non-hydrogen) atoms. The Morgan fingerprint density at radius 3 is 2.65 bits per heavy atom. The second-order valence-electron chi connectivity index (χ2n) is 6.45. The van der Waals surface area contributed by atoms with E-state index in [1.807, 2.05) is 30.3 Å². The average molecular weight is 359 g/mol. The van der Waals surface area contributed by atoms with Crippen LogP contribution in [0, 0.1) is 0 Å². The van der Waals surface area contributed by atoms with Crippen molar-refractivity contribution in [1.82, 2.24) is 9.97 Å². The summed E-state index contributed by atoms with van der Waals surface area (Å²) >= 11 is 0. The number of quaternary nitrogens is 1. The Hall–Kier alpha value is -2.43. The van der Waals surface area contributed by atoms with Gasteiger partial charge in [-0.15, -0.1) is 0 Å². The number of ether oxygens (including phenoxy) is 1. The van der Waals surface area contributed by atoms with E-state index in [0.717, 1.165) is 5.56 Å². The minimum absolute atomic E-state index is 0.161. The van der Waals surface area contributed by atoms with E-state index in [4.69, 9.17) is 4.74 Å². The van der Waals surface area contributed by atoms with Gasteiger partial charge in [-0.25, -0.2) is 9.78 Å². The maximum atomic E-state index is 13.3. The molecule has 2 aliphatic heterocycles. The average Bonchev–Trinajstić information content (AvgIpc) is 3.25. The largest absolute Gasteiger partial charge is 0.394 e. The molecule has 2 unspecified atom stereocenters. The predicted octanol–water partition coefficient (Wildman–Crippen LogP) is -0.321. The maximum absolute atomic E-state index is 13.3. The van der Waals surface area contributed by atoms with Crippen LogP contribution in [0.15, 0.2) is 41.7 Å². The van der Waals surface area contributed by atoms with Gasteiger partial charge in [-0.2, -0.15) is 9.48 Å². The highest BCUT2D eigenvalue weighted by Gasteiger charge is 2.58. The van der Waals surface area contributed by atoms with Crippen LogP contribution in [0.3, 0.4) is 0 Å². The lowest BCUT2D eigenvalue weighted by Crippen LogP contribution is -2.62. The fraction of sp³-hybridized carbons (Fsp3) is 0.353. The number of aliphatic hydroxyl groups excluding tert-OH is 3. The SMILES string of the molecule is O=C1c2[nH]cnc2N=C[N+]1(Cc1ccccc1)C1O[C@H](CO)[C@@H](O)[C@H]1O. The van der Waals surface area contributed by atoms with Crippen LogP contribution < -0.4 is 0 Å². The quantitative estimate of drug-likeness (QED) is 0.554. The highest BCUT2D eigenvalue weighted by molar-refractivity contribution is 5.98. The van der Waals surface area contributed by atoms with E-state index in [1.165, 1.54) is 12.7 Å². The number of nitrogens with one attached hydrogen (secondary N) is 1. The molecular formula is C17H19N4O5+. The van der Waals surface area contributed by atoms with Crippen molar-refractivity contribution in [3.63, 3.8) is 0 Å². The van der Waals surface area contributed by atoms with Crippen LogP contribution in [-0.4, -0.2) is 73.2 Å². The molecule has 4 N–H and O–H groups in total. The number of benzene rings is 1. The molecule has 0 bridgehead atoms. The lowest BCUT2D eigenvalue weighted by molar-refractivity contribution is -0.825. The van der Waals surface area contributed by atoms with Crippen molar-refractivity contribution in [2.24, 2.45) is 4.99 Å². The fourth-order valence-electron chi connectivity index (χ4n) is 3.49. The van der Waals surface area contributed by atoms with E-state index < -0.39 is 35.6 Å². The van der Waals surface area contributed by atoms with Gasteiger partial charge in [-0.1, -0.05) is 30.3 Å². The van der Waals surface area contributed by atoms with Gasteiger partial charge >= 0.3 is 5.91 Å². The molecule has 1 fully saturated rings. The standard InChI is InChI=1S/C17H18N4O5/c22-7-11-13(23)14(24)17(26-11)21(6-10-4-2-1-3-5-10)9-20-15-12(16(21)25)18-8-19-15/h1-5,8-9,11,13-14,17,22-24H,6-7H2/p+1/t11-,13-,14-,17?,21?/m1/s1. The fourth-order valence-corrected chi connectivity index (χ4v) is 3.49. The normalized spacial score (nSPS) is 33.4. The molecule has 1 saturated heterocycles. The summed E-state index contributed by atoms with van der Waals surface area (Å²) in [5.41, 5.74) is 1.04. The predicted molar refractivity (Wildman–Crippen MR) is 89.2 cm³/mol. The number of rotatable bonds is 4. The van der Waals surface area contributed by atoms with Gasteiger partial charge in [0.1, 0.15) is 18.8 Å². The summed E-state index contributed by atoms with van der Waals surface area (Å²) in [6.45, 7) is -0.311. The third kappa shape index (κ3) is 2.49. The Morgan fingerprint density at radius 1 is 1.19 bits per heavy atom. The van der Waals surface area contributed by atoms with E-state index >= 15 is 0 Å². The molecule has 9 heteroatoms. The topological polar surface area (TPSA) is 128 Å². The number of nitrogens with zero attached hydrogens (tertiary/aromatic N) is 3. The van der Waals surface area contributed by atoms with Gasteiger partial charge < -0.3 is 25.0 Å². The summed E-state index contributed by atoms with van der Waals surface area (Å²) in [6.07, 6.45) is -2.01. The summed E-state index contributed by atoms with van der Waals surface area (Å²) in [7, 11) is 0. The number of imidazole rings is 1. The molecule has 1 aromatic carbocycles. The number of hydrogen-bond acceptors (Lipinski definition) is 7. The monoisotopic (exact) mass is 359 g/mol. The van der Waals surface area contributed by atoms with E-state index in [0.29, 0.717) is 0 Å². The Balaban J connectivity index is 1.80. The molecular weight excluding hydrogens is 340 g/mol. The van der Waals surface area contributed by atoms with Gasteiger partial charge in [0.25, 0.3) is 0 Å². The third-order valence-corrected chi connectivity index (χ3v) is 4.86. The van der Waals surface area contributed by atoms with Crippen LogP contribution in [0.2, 0.25) is 0 Å². The molecule has 136 valence electrons. The smallest absolute Gasteiger partial charge is 0.374 e. The number of H-pyrrole nitrogens is 1. The third-order valence-electron chi connectivity index (χ3n) is 4.86. The lowest BCUT2D eigenvalue weighted by Gasteiger charge is -2.38. The first-order valence-electron chi connectivity index (χ1n) is 8.24.